The number of carbonyl (C=O) groups excluding carboxylic acids is 3. The third kappa shape index (κ3) is 47.5. The Hall–Kier alpha value is -1.59. The van der Waals surface area contributed by atoms with Crippen LogP contribution in [0.4, 0.5) is 0 Å². The van der Waals surface area contributed by atoms with E-state index in [0.717, 1.165) is 63.7 Å². The lowest BCUT2D eigenvalue weighted by molar-refractivity contribution is -0.167. The van der Waals surface area contributed by atoms with Crippen molar-refractivity contribution in [3.63, 3.8) is 0 Å². The Morgan fingerprint density at radius 3 is 0.817 bits per heavy atom. The molecule has 0 spiro atoms. The summed E-state index contributed by atoms with van der Waals surface area (Å²) in [5.74, 6) is 0.00757. The van der Waals surface area contributed by atoms with Crippen LogP contribution in [0, 0.1) is 5.92 Å². The molecule has 1 atom stereocenters. The van der Waals surface area contributed by atoms with Crippen LogP contribution in [-0.4, -0.2) is 37.2 Å². The fourth-order valence-corrected chi connectivity index (χ4v) is 8.22. The maximum absolute atomic E-state index is 12.8. The molecule has 0 amide bonds. The first kappa shape index (κ1) is 58.4. The molecule has 6 nitrogen and oxygen atoms in total. The molecule has 0 unspecified atom stereocenters. The number of hydrogen-bond acceptors (Lipinski definition) is 6. The number of unbranched alkanes of at least 4 members (excludes halogenated alkanes) is 36. The summed E-state index contributed by atoms with van der Waals surface area (Å²) in [7, 11) is 0. The summed E-state index contributed by atoms with van der Waals surface area (Å²) >= 11 is 0. The van der Waals surface area contributed by atoms with Crippen LogP contribution < -0.4 is 0 Å². The quantitative estimate of drug-likeness (QED) is 0.0345. The van der Waals surface area contributed by atoms with Crippen LogP contribution in [0.2, 0.25) is 0 Å². The average Bonchev–Trinajstić information content (AvgIpc) is 3.23. The molecule has 0 radical (unpaired) electrons. The summed E-state index contributed by atoms with van der Waals surface area (Å²) in [6, 6.07) is 0. The Bertz CT molecular complexity index is 903. The molecule has 0 rings (SSSR count). The predicted molar refractivity (Wildman–Crippen MR) is 257 cm³/mol. The lowest BCUT2D eigenvalue weighted by Crippen LogP contribution is -2.30. The Morgan fingerprint density at radius 2 is 0.550 bits per heavy atom. The summed E-state index contributed by atoms with van der Waals surface area (Å²) in [5, 5.41) is 0. The Balaban J connectivity index is 4.26. The van der Waals surface area contributed by atoms with Gasteiger partial charge in [-0.1, -0.05) is 265 Å². The van der Waals surface area contributed by atoms with Crippen molar-refractivity contribution in [2.75, 3.05) is 13.2 Å². The summed E-state index contributed by atoms with van der Waals surface area (Å²) in [4.78, 5) is 37.9. The van der Waals surface area contributed by atoms with E-state index in [1.807, 2.05) is 0 Å². The second-order valence-corrected chi connectivity index (χ2v) is 19.0. The molecule has 356 valence electrons. The van der Waals surface area contributed by atoms with Crippen LogP contribution >= 0.6 is 0 Å². The SMILES string of the molecule is CCCCCCCCCCCCCCCC(=O)O[C@H](COC(=O)CCCCCCCCCCCCC)COC(=O)CCCCCCCCCCCCCCCCCC(C)C. The van der Waals surface area contributed by atoms with E-state index in [2.05, 4.69) is 27.7 Å². The molecular formula is C54H104O6. The fourth-order valence-electron chi connectivity index (χ4n) is 8.22. The third-order valence-electron chi connectivity index (χ3n) is 12.3. The highest BCUT2D eigenvalue weighted by Crippen LogP contribution is 2.17. The van der Waals surface area contributed by atoms with Gasteiger partial charge < -0.3 is 14.2 Å². The molecule has 0 saturated carbocycles. The van der Waals surface area contributed by atoms with Gasteiger partial charge in [-0.2, -0.15) is 0 Å². The molecule has 0 fully saturated rings. The molecular weight excluding hydrogens is 745 g/mol. The number of esters is 3. The maximum Gasteiger partial charge on any atom is 0.306 e. The van der Waals surface area contributed by atoms with Gasteiger partial charge in [-0.05, 0) is 25.2 Å². The van der Waals surface area contributed by atoms with Gasteiger partial charge in [0.2, 0.25) is 0 Å². The van der Waals surface area contributed by atoms with Crippen molar-refractivity contribution >= 4 is 17.9 Å². The van der Waals surface area contributed by atoms with Crippen molar-refractivity contribution in [1.82, 2.24) is 0 Å². The molecule has 0 saturated heterocycles. The first-order chi connectivity index (χ1) is 29.4. The van der Waals surface area contributed by atoms with E-state index in [1.165, 1.54) is 199 Å². The molecule has 0 aromatic rings. The van der Waals surface area contributed by atoms with E-state index in [1.54, 1.807) is 0 Å². The van der Waals surface area contributed by atoms with Crippen molar-refractivity contribution < 1.29 is 28.6 Å². The first-order valence-corrected chi connectivity index (χ1v) is 26.9. The Kier molecular flexibility index (Phi) is 47.2. The zero-order valence-electron chi connectivity index (χ0n) is 40.9. The fraction of sp³-hybridized carbons (Fsp3) is 0.944. The molecule has 0 aromatic carbocycles. The molecule has 0 aliphatic carbocycles. The van der Waals surface area contributed by atoms with Gasteiger partial charge in [0.15, 0.2) is 6.10 Å². The van der Waals surface area contributed by atoms with Crippen molar-refractivity contribution in [3.8, 4) is 0 Å². The highest BCUT2D eigenvalue weighted by Gasteiger charge is 2.19. The minimum absolute atomic E-state index is 0.0623. The van der Waals surface area contributed by atoms with Gasteiger partial charge in [-0.15, -0.1) is 0 Å². The monoisotopic (exact) mass is 849 g/mol. The summed E-state index contributed by atoms with van der Waals surface area (Å²) < 4.78 is 16.8. The number of rotatable bonds is 49. The summed E-state index contributed by atoms with van der Waals surface area (Å²) in [6.45, 7) is 9.04. The Morgan fingerprint density at radius 1 is 0.317 bits per heavy atom. The first-order valence-electron chi connectivity index (χ1n) is 26.9. The molecule has 60 heavy (non-hydrogen) atoms. The largest absolute Gasteiger partial charge is 0.462 e. The standard InChI is InChI=1S/C54H104O6/c1-5-7-9-11-13-15-17-21-27-31-35-39-43-47-54(57)60-51(48-58-52(55)45-41-37-33-29-24-16-14-12-10-8-6-2)49-59-53(56)46-42-38-34-30-26-23-20-18-19-22-25-28-32-36-40-44-50(3)4/h50-51H,5-49H2,1-4H3/t51-/m1/s1. The van der Waals surface area contributed by atoms with Crippen molar-refractivity contribution in [2.24, 2.45) is 5.92 Å². The second-order valence-electron chi connectivity index (χ2n) is 19.0. The van der Waals surface area contributed by atoms with Crippen LogP contribution in [0.5, 0.6) is 0 Å². The highest BCUT2D eigenvalue weighted by molar-refractivity contribution is 5.71. The summed E-state index contributed by atoms with van der Waals surface area (Å²) in [6.07, 6.45) is 50.8. The van der Waals surface area contributed by atoms with Crippen molar-refractivity contribution in [2.45, 2.75) is 310 Å². The number of ether oxygens (including phenoxy) is 3. The second kappa shape index (κ2) is 48.4. The lowest BCUT2D eigenvalue weighted by Gasteiger charge is -2.18. The molecule has 0 N–H and O–H groups in total. The highest BCUT2D eigenvalue weighted by atomic mass is 16.6. The molecule has 0 bridgehead atoms. The normalized spacial score (nSPS) is 11.9. The smallest absolute Gasteiger partial charge is 0.306 e. The molecule has 0 aliphatic rings. The molecule has 0 heterocycles. The van der Waals surface area contributed by atoms with Crippen LogP contribution in [0.1, 0.15) is 304 Å². The van der Waals surface area contributed by atoms with E-state index in [9.17, 15) is 14.4 Å². The zero-order valence-corrected chi connectivity index (χ0v) is 40.9. The van der Waals surface area contributed by atoms with Gasteiger partial charge in [0, 0.05) is 19.3 Å². The molecule has 0 aliphatic heterocycles. The Labute approximate surface area is 374 Å². The minimum atomic E-state index is -0.760. The number of carbonyl (C=O) groups is 3. The van der Waals surface area contributed by atoms with E-state index < -0.39 is 6.10 Å². The van der Waals surface area contributed by atoms with Gasteiger partial charge in [-0.25, -0.2) is 0 Å². The zero-order chi connectivity index (χ0) is 43.8. The molecule has 6 heteroatoms. The number of hydrogen-bond donors (Lipinski definition) is 0. The van der Waals surface area contributed by atoms with E-state index in [-0.39, 0.29) is 31.1 Å². The average molecular weight is 849 g/mol. The predicted octanol–water partition coefficient (Wildman–Crippen LogP) is 17.5. The van der Waals surface area contributed by atoms with Crippen LogP contribution in [-0.2, 0) is 28.6 Å². The van der Waals surface area contributed by atoms with Gasteiger partial charge in [0.25, 0.3) is 0 Å². The van der Waals surface area contributed by atoms with Gasteiger partial charge >= 0.3 is 17.9 Å². The minimum Gasteiger partial charge on any atom is -0.462 e. The molecule has 0 aromatic heterocycles. The maximum atomic E-state index is 12.8. The van der Waals surface area contributed by atoms with Crippen molar-refractivity contribution in [3.05, 3.63) is 0 Å². The lowest BCUT2D eigenvalue weighted by atomic mass is 10.0. The van der Waals surface area contributed by atoms with Crippen LogP contribution in [0.3, 0.4) is 0 Å². The van der Waals surface area contributed by atoms with E-state index >= 15 is 0 Å². The van der Waals surface area contributed by atoms with Crippen LogP contribution in [0.25, 0.3) is 0 Å². The van der Waals surface area contributed by atoms with E-state index in [0.29, 0.717) is 19.3 Å². The van der Waals surface area contributed by atoms with Crippen molar-refractivity contribution in [1.29, 1.82) is 0 Å². The van der Waals surface area contributed by atoms with Gasteiger partial charge in [-0.3, -0.25) is 14.4 Å². The van der Waals surface area contributed by atoms with Gasteiger partial charge in [0.1, 0.15) is 13.2 Å². The van der Waals surface area contributed by atoms with E-state index in [4.69, 9.17) is 14.2 Å². The summed E-state index contributed by atoms with van der Waals surface area (Å²) in [5.41, 5.74) is 0. The topological polar surface area (TPSA) is 78.9 Å². The third-order valence-corrected chi connectivity index (χ3v) is 12.3. The van der Waals surface area contributed by atoms with Gasteiger partial charge in [0.05, 0.1) is 0 Å². The van der Waals surface area contributed by atoms with Crippen LogP contribution in [0.15, 0.2) is 0 Å².